The van der Waals surface area contributed by atoms with E-state index in [0.717, 1.165) is 51.5 Å². The van der Waals surface area contributed by atoms with Gasteiger partial charge < -0.3 is 14.7 Å². The second kappa shape index (κ2) is 9.40. The van der Waals surface area contributed by atoms with E-state index in [9.17, 15) is 4.79 Å². The molecule has 1 aromatic carbocycles. The van der Waals surface area contributed by atoms with E-state index in [-0.39, 0.29) is 0 Å². The van der Waals surface area contributed by atoms with Gasteiger partial charge in [-0.05, 0) is 44.1 Å². The number of benzene rings is 1. The van der Waals surface area contributed by atoms with Gasteiger partial charge in [-0.25, -0.2) is 0 Å². The van der Waals surface area contributed by atoms with E-state index in [0.29, 0.717) is 5.91 Å². The fourth-order valence-corrected chi connectivity index (χ4v) is 4.39. The van der Waals surface area contributed by atoms with Gasteiger partial charge in [-0.1, -0.05) is 44.2 Å². The highest BCUT2D eigenvalue weighted by Gasteiger charge is 2.22. The van der Waals surface area contributed by atoms with Crippen LogP contribution in [0.2, 0.25) is 0 Å². The number of carbonyl (C=O) groups excluding carboxylic acids is 1. The first kappa shape index (κ1) is 19.2. The van der Waals surface area contributed by atoms with Crippen molar-refractivity contribution in [3.05, 3.63) is 29.8 Å². The van der Waals surface area contributed by atoms with Crippen molar-refractivity contribution in [2.45, 2.75) is 51.5 Å². The second-order valence-electron chi connectivity index (χ2n) is 8.32. The van der Waals surface area contributed by atoms with E-state index >= 15 is 0 Å². The Bertz CT molecular complexity index is 573. The first-order valence-electron chi connectivity index (χ1n) is 10.4. The van der Waals surface area contributed by atoms with E-state index in [1.807, 2.05) is 0 Å². The first-order chi connectivity index (χ1) is 12.6. The third-order valence-corrected chi connectivity index (χ3v) is 5.90. The predicted molar refractivity (Wildman–Crippen MR) is 108 cm³/mol. The van der Waals surface area contributed by atoms with Crippen LogP contribution in [-0.4, -0.2) is 56.0 Å². The summed E-state index contributed by atoms with van der Waals surface area (Å²) in [7, 11) is 4.20. The van der Waals surface area contributed by atoms with Gasteiger partial charge in [0.2, 0.25) is 5.91 Å². The molecule has 4 heteroatoms. The number of carbonyl (C=O) groups is 1. The zero-order valence-corrected chi connectivity index (χ0v) is 16.6. The smallest absolute Gasteiger partial charge is 0.222 e. The largest absolute Gasteiger partial charge is 0.368 e. The van der Waals surface area contributed by atoms with Crippen LogP contribution in [0, 0.1) is 5.92 Å². The molecule has 0 radical (unpaired) electrons. The molecule has 0 N–H and O–H groups in total. The van der Waals surface area contributed by atoms with Gasteiger partial charge in [0.05, 0.1) is 0 Å². The van der Waals surface area contributed by atoms with Gasteiger partial charge in [0, 0.05) is 44.8 Å². The molecule has 1 aliphatic heterocycles. The van der Waals surface area contributed by atoms with Crippen LogP contribution in [0.25, 0.3) is 0 Å². The molecule has 0 spiro atoms. The number of amides is 1. The van der Waals surface area contributed by atoms with Crippen molar-refractivity contribution < 1.29 is 4.79 Å². The molecular weight excluding hydrogens is 322 g/mol. The van der Waals surface area contributed by atoms with E-state index in [1.54, 1.807) is 0 Å². The third-order valence-electron chi connectivity index (χ3n) is 5.90. The minimum absolute atomic E-state index is 0.372. The first-order valence-corrected chi connectivity index (χ1v) is 10.4. The lowest BCUT2D eigenvalue weighted by Gasteiger charge is -2.36. The summed E-state index contributed by atoms with van der Waals surface area (Å²) in [6.45, 7) is 4.58. The van der Waals surface area contributed by atoms with Crippen LogP contribution in [0.4, 0.5) is 5.69 Å². The minimum Gasteiger partial charge on any atom is -0.368 e. The molecule has 1 aromatic rings. The average Bonchev–Trinajstić information content (AvgIpc) is 2.67. The van der Waals surface area contributed by atoms with Gasteiger partial charge in [-0.2, -0.15) is 0 Å². The maximum absolute atomic E-state index is 12.6. The molecule has 26 heavy (non-hydrogen) atoms. The monoisotopic (exact) mass is 357 g/mol. The summed E-state index contributed by atoms with van der Waals surface area (Å²) in [6, 6.07) is 8.82. The number of rotatable bonds is 6. The van der Waals surface area contributed by atoms with E-state index in [4.69, 9.17) is 0 Å². The van der Waals surface area contributed by atoms with E-state index < -0.39 is 0 Å². The van der Waals surface area contributed by atoms with Crippen molar-refractivity contribution in [3.8, 4) is 0 Å². The van der Waals surface area contributed by atoms with Crippen LogP contribution >= 0.6 is 0 Å². The predicted octanol–water partition coefficient (Wildman–Crippen LogP) is 3.76. The van der Waals surface area contributed by atoms with Crippen molar-refractivity contribution in [1.82, 2.24) is 9.80 Å². The van der Waals surface area contributed by atoms with Gasteiger partial charge in [0.1, 0.15) is 0 Å². The second-order valence-corrected chi connectivity index (χ2v) is 8.32. The molecule has 4 nitrogen and oxygen atoms in total. The van der Waals surface area contributed by atoms with Crippen LogP contribution in [0.5, 0.6) is 0 Å². The molecule has 1 amide bonds. The Morgan fingerprint density at radius 1 is 1.08 bits per heavy atom. The third kappa shape index (κ3) is 5.47. The Morgan fingerprint density at radius 3 is 2.50 bits per heavy atom. The van der Waals surface area contributed by atoms with Crippen molar-refractivity contribution in [3.63, 3.8) is 0 Å². The van der Waals surface area contributed by atoms with Crippen molar-refractivity contribution in [2.24, 2.45) is 5.92 Å². The molecule has 2 fully saturated rings. The van der Waals surface area contributed by atoms with Crippen LogP contribution in [0.1, 0.15) is 50.5 Å². The van der Waals surface area contributed by atoms with Gasteiger partial charge in [-0.3, -0.25) is 4.79 Å². The molecule has 1 saturated heterocycles. The highest BCUT2D eigenvalue weighted by Crippen LogP contribution is 2.27. The van der Waals surface area contributed by atoms with E-state index in [2.05, 4.69) is 53.1 Å². The Hall–Kier alpha value is -1.55. The standard InChI is InChI=1S/C22H35N3O/c1-23(2)18-20-9-6-10-21(17-20)24-13-15-25(16-14-24)22(26)12-11-19-7-4-3-5-8-19/h6,9-10,17,19H,3-5,7-8,11-16,18H2,1-2H3. The molecular formula is C22H35N3O. The topological polar surface area (TPSA) is 26.8 Å². The molecule has 3 rings (SSSR count). The average molecular weight is 358 g/mol. The lowest BCUT2D eigenvalue weighted by molar-refractivity contribution is -0.131. The summed E-state index contributed by atoms with van der Waals surface area (Å²) in [5, 5.41) is 0. The molecule has 144 valence electrons. The Kier molecular flexibility index (Phi) is 6.95. The summed E-state index contributed by atoms with van der Waals surface area (Å²) in [5.74, 6) is 1.17. The summed E-state index contributed by atoms with van der Waals surface area (Å²) in [5.41, 5.74) is 2.64. The number of piperazine rings is 1. The lowest BCUT2D eigenvalue weighted by Crippen LogP contribution is -2.48. The maximum Gasteiger partial charge on any atom is 0.222 e. The maximum atomic E-state index is 12.6. The van der Waals surface area contributed by atoms with Crippen LogP contribution < -0.4 is 4.90 Å². The summed E-state index contributed by atoms with van der Waals surface area (Å²) in [6.07, 6.45) is 8.65. The van der Waals surface area contributed by atoms with Gasteiger partial charge in [-0.15, -0.1) is 0 Å². The zero-order valence-electron chi connectivity index (χ0n) is 16.6. The Balaban J connectivity index is 1.45. The Morgan fingerprint density at radius 2 is 1.81 bits per heavy atom. The Labute approximate surface area is 159 Å². The van der Waals surface area contributed by atoms with Crippen LogP contribution in [0.15, 0.2) is 24.3 Å². The van der Waals surface area contributed by atoms with E-state index in [1.165, 1.54) is 43.4 Å². The highest BCUT2D eigenvalue weighted by molar-refractivity contribution is 5.76. The normalized spacial score (nSPS) is 19.2. The number of anilines is 1. The molecule has 0 bridgehead atoms. The quantitative estimate of drug-likeness (QED) is 0.776. The number of nitrogens with zero attached hydrogens (tertiary/aromatic N) is 3. The molecule has 1 saturated carbocycles. The van der Waals surface area contributed by atoms with Crippen molar-refractivity contribution in [2.75, 3.05) is 45.2 Å². The zero-order chi connectivity index (χ0) is 18.4. The van der Waals surface area contributed by atoms with Crippen molar-refractivity contribution >= 4 is 11.6 Å². The summed E-state index contributed by atoms with van der Waals surface area (Å²) < 4.78 is 0. The summed E-state index contributed by atoms with van der Waals surface area (Å²) >= 11 is 0. The van der Waals surface area contributed by atoms with Crippen LogP contribution in [0.3, 0.4) is 0 Å². The number of hydrogen-bond acceptors (Lipinski definition) is 3. The molecule has 0 unspecified atom stereocenters. The van der Waals surface area contributed by atoms with Crippen molar-refractivity contribution in [1.29, 1.82) is 0 Å². The molecule has 0 atom stereocenters. The summed E-state index contributed by atoms with van der Waals surface area (Å²) in [4.78, 5) is 19.3. The number of hydrogen-bond donors (Lipinski definition) is 0. The highest BCUT2D eigenvalue weighted by atomic mass is 16.2. The molecule has 1 aliphatic carbocycles. The van der Waals surface area contributed by atoms with Gasteiger partial charge >= 0.3 is 0 Å². The fourth-order valence-electron chi connectivity index (χ4n) is 4.39. The van der Waals surface area contributed by atoms with Gasteiger partial charge in [0.15, 0.2) is 0 Å². The van der Waals surface area contributed by atoms with Gasteiger partial charge in [0.25, 0.3) is 0 Å². The minimum atomic E-state index is 0.372. The lowest BCUT2D eigenvalue weighted by atomic mass is 9.86. The molecule has 1 heterocycles. The fraction of sp³-hybridized carbons (Fsp3) is 0.682. The molecule has 0 aromatic heterocycles. The SMILES string of the molecule is CN(C)Cc1cccc(N2CCN(C(=O)CCC3CCCCC3)CC2)c1. The molecule has 2 aliphatic rings. The van der Waals surface area contributed by atoms with Crippen LogP contribution in [-0.2, 0) is 11.3 Å².